The summed E-state index contributed by atoms with van der Waals surface area (Å²) in [6, 6.07) is 3.96. The fourth-order valence-electron chi connectivity index (χ4n) is 2.68. The highest BCUT2D eigenvalue weighted by atomic mass is 35.5. The fourth-order valence-corrected chi connectivity index (χ4v) is 4.15. The van der Waals surface area contributed by atoms with E-state index in [9.17, 15) is 13.2 Å². The molecule has 0 aliphatic carbocycles. The van der Waals surface area contributed by atoms with Gasteiger partial charge in [0.2, 0.25) is 10.0 Å². The first-order valence-corrected chi connectivity index (χ1v) is 9.74. The van der Waals surface area contributed by atoms with Crippen molar-refractivity contribution in [2.24, 2.45) is 0 Å². The quantitative estimate of drug-likeness (QED) is 0.857. The van der Waals surface area contributed by atoms with Crippen LogP contribution in [0.2, 0.25) is 5.02 Å². The van der Waals surface area contributed by atoms with Crippen LogP contribution in [0.3, 0.4) is 0 Å². The van der Waals surface area contributed by atoms with Crippen LogP contribution in [0.15, 0.2) is 23.1 Å². The van der Waals surface area contributed by atoms with E-state index in [0.717, 1.165) is 12.8 Å². The molecular weight excluding hydrogens is 352 g/mol. The van der Waals surface area contributed by atoms with Gasteiger partial charge in [0.1, 0.15) is 0 Å². The second-order valence-corrected chi connectivity index (χ2v) is 8.27. The van der Waals surface area contributed by atoms with E-state index >= 15 is 0 Å². The Morgan fingerprint density at radius 2 is 1.96 bits per heavy atom. The molecule has 1 aromatic carbocycles. The summed E-state index contributed by atoms with van der Waals surface area (Å²) >= 11 is 6.13. The first-order valence-electron chi connectivity index (χ1n) is 7.88. The van der Waals surface area contributed by atoms with E-state index in [1.165, 1.54) is 18.2 Å². The molecule has 0 saturated carbocycles. The van der Waals surface area contributed by atoms with Crippen LogP contribution in [0.25, 0.3) is 0 Å². The molecule has 0 bridgehead atoms. The zero-order chi connectivity index (χ0) is 17.9. The zero-order valence-corrected chi connectivity index (χ0v) is 15.7. The molecule has 8 heteroatoms. The maximum atomic E-state index is 12.7. The van der Waals surface area contributed by atoms with Crippen molar-refractivity contribution in [3.05, 3.63) is 28.8 Å². The fraction of sp³-hybridized carbons (Fsp3) is 0.562. The first-order chi connectivity index (χ1) is 11.2. The van der Waals surface area contributed by atoms with Gasteiger partial charge < -0.3 is 9.64 Å². The molecule has 0 atom stereocenters. The molecule has 1 N–H and O–H groups in total. The molecule has 0 unspecified atom stereocenters. The molecule has 0 aromatic heterocycles. The Balaban J connectivity index is 2.24. The Morgan fingerprint density at radius 1 is 1.33 bits per heavy atom. The van der Waals surface area contributed by atoms with Crippen LogP contribution in [0.4, 0.5) is 0 Å². The highest BCUT2D eigenvalue weighted by Gasteiger charge is 2.26. The zero-order valence-electron chi connectivity index (χ0n) is 14.1. The molecule has 1 aliphatic rings. The lowest BCUT2D eigenvalue weighted by molar-refractivity contribution is 0.0351. The monoisotopic (exact) mass is 374 g/mol. The number of nitrogens with zero attached hydrogens (tertiary/aromatic N) is 1. The van der Waals surface area contributed by atoms with Crippen molar-refractivity contribution in [3.63, 3.8) is 0 Å². The lowest BCUT2D eigenvalue weighted by atomic mass is 10.1. The average molecular weight is 375 g/mol. The van der Waals surface area contributed by atoms with Crippen molar-refractivity contribution in [2.75, 3.05) is 20.2 Å². The van der Waals surface area contributed by atoms with Crippen LogP contribution in [0.5, 0.6) is 0 Å². The van der Waals surface area contributed by atoms with Gasteiger partial charge in [-0.25, -0.2) is 13.1 Å². The van der Waals surface area contributed by atoms with Crippen molar-refractivity contribution >= 4 is 27.5 Å². The van der Waals surface area contributed by atoms with Gasteiger partial charge in [0.25, 0.3) is 5.91 Å². The van der Waals surface area contributed by atoms with Crippen LogP contribution in [0, 0.1) is 0 Å². The summed E-state index contributed by atoms with van der Waals surface area (Å²) in [5, 5.41) is 0.248. The topological polar surface area (TPSA) is 75.7 Å². The number of hydrogen-bond donors (Lipinski definition) is 1. The maximum absolute atomic E-state index is 12.7. The molecule has 1 aromatic rings. The Hall–Kier alpha value is -1.15. The molecule has 24 heavy (non-hydrogen) atoms. The number of rotatable bonds is 5. The van der Waals surface area contributed by atoms with Gasteiger partial charge in [-0.05, 0) is 44.9 Å². The summed E-state index contributed by atoms with van der Waals surface area (Å²) in [6.07, 6.45) is 1.67. The van der Waals surface area contributed by atoms with E-state index in [0.29, 0.717) is 13.1 Å². The van der Waals surface area contributed by atoms with Gasteiger partial charge in [-0.1, -0.05) is 11.6 Å². The highest BCUT2D eigenvalue weighted by molar-refractivity contribution is 7.89. The van der Waals surface area contributed by atoms with Crippen molar-refractivity contribution < 1.29 is 17.9 Å². The van der Waals surface area contributed by atoms with Crippen LogP contribution < -0.4 is 4.72 Å². The van der Waals surface area contributed by atoms with Gasteiger partial charge in [0.05, 0.1) is 21.6 Å². The van der Waals surface area contributed by atoms with Gasteiger partial charge in [0.15, 0.2) is 0 Å². The summed E-state index contributed by atoms with van der Waals surface area (Å²) in [7, 11) is -2.01. The largest absolute Gasteiger partial charge is 0.381 e. The predicted molar refractivity (Wildman–Crippen MR) is 92.8 cm³/mol. The number of carbonyl (C=O) groups is 1. The van der Waals surface area contributed by atoms with E-state index in [1.807, 2.05) is 0 Å². The van der Waals surface area contributed by atoms with Crippen LogP contribution >= 0.6 is 11.6 Å². The van der Waals surface area contributed by atoms with Crippen LogP contribution in [-0.4, -0.2) is 51.6 Å². The summed E-state index contributed by atoms with van der Waals surface area (Å²) in [5.41, 5.74) is 0.208. The third kappa shape index (κ3) is 4.47. The Morgan fingerprint density at radius 3 is 2.50 bits per heavy atom. The summed E-state index contributed by atoms with van der Waals surface area (Å²) in [4.78, 5) is 14.4. The van der Waals surface area contributed by atoms with E-state index in [1.54, 1.807) is 25.9 Å². The second-order valence-electron chi connectivity index (χ2n) is 6.14. The van der Waals surface area contributed by atoms with Gasteiger partial charge in [-0.2, -0.15) is 0 Å². The number of ether oxygens (including phenoxy) is 1. The summed E-state index contributed by atoms with van der Waals surface area (Å²) in [6.45, 7) is 4.60. The van der Waals surface area contributed by atoms with Crippen molar-refractivity contribution in [3.8, 4) is 0 Å². The molecule has 134 valence electrons. The lowest BCUT2D eigenvalue weighted by Crippen LogP contribution is -2.40. The molecule has 1 fully saturated rings. The third-order valence-electron chi connectivity index (χ3n) is 3.93. The maximum Gasteiger partial charge on any atom is 0.255 e. The molecule has 1 aliphatic heterocycles. The number of benzene rings is 1. The molecule has 0 radical (unpaired) electrons. The number of hydrogen-bond acceptors (Lipinski definition) is 4. The average Bonchev–Trinajstić information content (AvgIpc) is 2.53. The lowest BCUT2D eigenvalue weighted by Gasteiger charge is -2.31. The standard InChI is InChI=1S/C16H23ClN2O4S/c1-11(2)18-24(21,22)13-4-5-15(17)14(10-13)16(20)19-8-6-12(23-3)7-9-19/h4-5,10-12,18H,6-9H2,1-3H3. The van der Waals surface area contributed by atoms with Crippen LogP contribution in [-0.2, 0) is 14.8 Å². The SMILES string of the molecule is COC1CCN(C(=O)c2cc(S(=O)(=O)NC(C)C)ccc2Cl)CC1. The Bertz CT molecular complexity index is 698. The Kier molecular flexibility index (Phi) is 6.25. The van der Waals surface area contributed by atoms with E-state index in [2.05, 4.69) is 4.72 Å². The molecule has 1 heterocycles. The number of methoxy groups -OCH3 is 1. The van der Waals surface area contributed by atoms with Gasteiger partial charge in [-0.15, -0.1) is 0 Å². The number of likely N-dealkylation sites (tertiary alicyclic amines) is 1. The molecular formula is C16H23ClN2O4S. The predicted octanol–water partition coefficient (Wildman–Crippen LogP) is 2.28. The van der Waals surface area contributed by atoms with Gasteiger partial charge in [0, 0.05) is 26.2 Å². The first kappa shape index (κ1) is 19.2. The number of carbonyl (C=O) groups excluding carboxylic acids is 1. The normalized spacial score (nSPS) is 16.6. The number of nitrogens with one attached hydrogen (secondary N) is 1. The van der Waals surface area contributed by atoms with Crippen molar-refractivity contribution in [2.45, 2.75) is 43.7 Å². The molecule has 1 saturated heterocycles. The van der Waals surface area contributed by atoms with Crippen LogP contribution in [0.1, 0.15) is 37.0 Å². The number of amides is 1. The van der Waals surface area contributed by atoms with Crippen molar-refractivity contribution in [1.82, 2.24) is 9.62 Å². The van der Waals surface area contributed by atoms with E-state index in [4.69, 9.17) is 16.3 Å². The van der Waals surface area contributed by atoms with Gasteiger partial charge in [-0.3, -0.25) is 4.79 Å². The molecule has 1 amide bonds. The van der Waals surface area contributed by atoms with Gasteiger partial charge >= 0.3 is 0 Å². The molecule has 6 nitrogen and oxygen atoms in total. The number of sulfonamides is 1. The minimum Gasteiger partial charge on any atom is -0.381 e. The van der Waals surface area contributed by atoms with E-state index < -0.39 is 10.0 Å². The number of piperidine rings is 1. The summed E-state index contributed by atoms with van der Waals surface area (Å²) < 4.78 is 32.4. The Labute approximate surface area is 148 Å². The highest BCUT2D eigenvalue weighted by Crippen LogP contribution is 2.24. The number of halogens is 1. The smallest absolute Gasteiger partial charge is 0.255 e. The molecule has 0 spiro atoms. The summed E-state index contributed by atoms with van der Waals surface area (Å²) in [5.74, 6) is -0.254. The molecule has 2 rings (SSSR count). The second kappa shape index (κ2) is 7.82. The van der Waals surface area contributed by atoms with Crippen molar-refractivity contribution in [1.29, 1.82) is 0 Å². The minimum atomic E-state index is -3.68. The third-order valence-corrected chi connectivity index (χ3v) is 5.92. The minimum absolute atomic E-state index is 0.0377. The van der Waals surface area contributed by atoms with E-state index in [-0.39, 0.29) is 33.5 Å².